The number of hydrogen-bond donors (Lipinski definition) is 1. The first-order valence-corrected chi connectivity index (χ1v) is 6.27. The Labute approximate surface area is 87.8 Å². The predicted octanol–water partition coefficient (Wildman–Crippen LogP) is 1.85. The molecule has 82 valence electrons. The molecule has 0 spiro atoms. The van der Waals surface area contributed by atoms with E-state index in [1.165, 1.54) is 45.2 Å². The number of piperidine rings is 1. The Morgan fingerprint density at radius 1 is 1.43 bits per heavy atom. The molecule has 2 rings (SSSR count). The maximum atomic E-state index is 5.81. The minimum atomic E-state index is 0.749. The van der Waals surface area contributed by atoms with Gasteiger partial charge in [-0.15, -0.1) is 0 Å². The molecule has 2 heteroatoms. The standard InChI is InChI=1S/C12H24N2/c1-2-3-11(7-13)9-14-8-10-4-5-12(14)6-10/h10-12H,2-9,13H2,1H3. The van der Waals surface area contributed by atoms with E-state index in [1.807, 2.05) is 0 Å². The van der Waals surface area contributed by atoms with Crippen molar-refractivity contribution in [1.29, 1.82) is 0 Å². The van der Waals surface area contributed by atoms with Crippen LogP contribution in [0.1, 0.15) is 39.0 Å². The van der Waals surface area contributed by atoms with E-state index in [2.05, 4.69) is 11.8 Å². The third-order valence-corrected chi connectivity index (χ3v) is 4.05. The molecule has 2 fully saturated rings. The van der Waals surface area contributed by atoms with Crippen LogP contribution in [0.3, 0.4) is 0 Å². The molecule has 14 heavy (non-hydrogen) atoms. The first-order chi connectivity index (χ1) is 6.83. The van der Waals surface area contributed by atoms with Gasteiger partial charge in [-0.05, 0) is 44.1 Å². The zero-order chi connectivity index (χ0) is 9.97. The van der Waals surface area contributed by atoms with Crippen molar-refractivity contribution in [2.24, 2.45) is 17.6 Å². The highest BCUT2D eigenvalue weighted by atomic mass is 15.2. The Balaban J connectivity index is 1.79. The summed E-state index contributed by atoms with van der Waals surface area (Å²) in [6.07, 6.45) is 7.01. The van der Waals surface area contributed by atoms with E-state index in [9.17, 15) is 0 Å². The van der Waals surface area contributed by atoms with Gasteiger partial charge in [0.05, 0.1) is 0 Å². The van der Waals surface area contributed by atoms with Crippen molar-refractivity contribution >= 4 is 0 Å². The van der Waals surface area contributed by atoms with Gasteiger partial charge in [-0.2, -0.15) is 0 Å². The van der Waals surface area contributed by atoms with Crippen LogP contribution in [0.4, 0.5) is 0 Å². The lowest BCUT2D eigenvalue weighted by atomic mass is 10.0. The van der Waals surface area contributed by atoms with Gasteiger partial charge in [0.25, 0.3) is 0 Å². The number of hydrogen-bond acceptors (Lipinski definition) is 2. The van der Waals surface area contributed by atoms with Crippen LogP contribution in [0, 0.1) is 11.8 Å². The van der Waals surface area contributed by atoms with Crippen molar-refractivity contribution in [1.82, 2.24) is 4.90 Å². The molecule has 2 aliphatic rings. The van der Waals surface area contributed by atoms with Crippen molar-refractivity contribution in [3.8, 4) is 0 Å². The van der Waals surface area contributed by atoms with Crippen LogP contribution in [0.5, 0.6) is 0 Å². The second kappa shape index (κ2) is 4.63. The predicted molar refractivity (Wildman–Crippen MR) is 60.2 cm³/mol. The summed E-state index contributed by atoms with van der Waals surface area (Å²) in [6.45, 7) is 5.77. The SMILES string of the molecule is CCCC(CN)CN1CC2CCC1C2. The second-order valence-electron chi connectivity index (χ2n) is 5.18. The van der Waals surface area contributed by atoms with E-state index < -0.39 is 0 Å². The monoisotopic (exact) mass is 196 g/mol. The fourth-order valence-electron chi connectivity index (χ4n) is 3.27. The van der Waals surface area contributed by atoms with Gasteiger partial charge in [-0.3, -0.25) is 4.90 Å². The number of nitrogens with zero attached hydrogens (tertiary/aromatic N) is 1. The van der Waals surface area contributed by atoms with Gasteiger partial charge in [0.15, 0.2) is 0 Å². The van der Waals surface area contributed by atoms with Crippen LogP contribution in [-0.4, -0.2) is 30.6 Å². The van der Waals surface area contributed by atoms with Crippen molar-refractivity contribution < 1.29 is 0 Å². The normalized spacial score (nSPS) is 33.9. The van der Waals surface area contributed by atoms with Crippen molar-refractivity contribution in [3.63, 3.8) is 0 Å². The molecule has 1 heterocycles. The lowest BCUT2D eigenvalue weighted by Crippen LogP contribution is -2.38. The van der Waals surface area contributed by atoms with E-state index in [0.717, 1.165) is 24.4 Å². The molecule has 0 aromatic rings. The molecular formula is C12H24N2. The number of rotatable bonds is 5. The van der Waals surface area contributed by atoms with Gasteiger partial charge in [0.2, 0.25) is 0 Å². The summed E-state index contributed by atoms with van der Waals surface area (Å²) in [7, 11) is 0. The minimum absolute atomic E-state index is 0.749. The lowest BCUT2D eigenvalue weighted by Gasteiger charge is -2.30. The van der Waals surface area contributed by atoms with Gasteiger partial charge in [0, 0.05) is 19.1 Å². The van der Waals surface area contributed by atoms with Crippen LogP contribution in [0.25, 0.3) is 0 Å². The zero-order valence-electron chi connectivity index (χ0n) is 9.41. The molecule has 0 radical (unpaired) electrons. The summed E-state index contributed by atoms with van der Waals surface area (Å²) in [5.74, 6) is 1.78. The Morgan fingerprint density at radius 3 is 2.79 bits per heavy atom. The summed E-state index contributed by atoms with van der Waals surface area (Å²) >= 11 is 0. The molecule has 2 N–H and O–H groups in total. The van der Waals surface area contributed by atoms with Crippen LogP contribution in [0.15, 0.2) is 0 Å². The minimum Gasteiger partial charge on any atom is -0.330 e. The van der Waals surface area contributed by atoms with Gasteiger partial charge < -0.3 is 5.73 Å². The van der Waals surface area contributed by atoms with Crippen molar-refractivity contribution in [2.75, 3.05) is 19.6 Å². The van der Waals surface area contributed by atoms with Crippen molar-refractivity contribution in [3.05, 3.63) is 0 Å². The Kier molecular flexibility index (Phi) is 3.45. The Morgan fingerprint density at radius 2 is 2.29 bits per heavy atom. The molecule has 2 bridgehead atoms. The van der Waals surface area contributed by atoms with E-state index in [0.29, 0.717) is 0 Å². The van der Waals surface area contributed by atoms with Crippen LogP contribution >= 0.6 is 0 Å². The maximum Gasteiger partial charge on any atom is 0.00987 e. The highest BCUT2D eigenvalue weighted by molar-refractivity contribution is 4.92. The van der Waals surface area contributed by atoms with Crippen LogP contribution < -0.4 is 5.73 Å². The summed E-state index contributed by atoms with van der Waals surface area (Å²) in [6, 6.07) is 0.922. The quantitative estimate of drug-likeness (QED) is 0.727. The number of likely N-dealkylation sites (tertiary alicyclic amines) is 1. The van der Waals surface area contributed by atoms with Gasteiger partial charge in [-0.1, -0.05) is 13.3 Å². The first kappa shape index (κ1) is 10.4. The maximum absolute atomic E-state index is 5.81. The fourth-order valence-corrected chi connectivity index (χ4v) is 3.27. The third-order valence-electron chi connectivity index (χ3n) is 4.05. The van der Waals surface area contributed by atoms with Crippen LogP contribution in [0.2, 0.25) is 0 Å². The van der Waals surface area contributed by atoms with E-state index in [-0.39, 0.29) is 0 Å². The summed E-state index contributed by atoms with van der Waals surface area (Å²) < 4.78 is 0. The molecule has 3 atom stereocenters. The lowest BCUT2D eigenvalue weighted by molar-refractivity contribution is 0.179. The zero-order valence-corrected chi connectivity index (χ0v) is 9.41. The molecule has 0 amide bonds. The van der Waals surface area contributed by atoms with E-state index >= 15 is 0 Å². The average molecular weight is 196 g/mol. The Bertz CT molecular complexity index is 181. The van der Waals surface area contributed by atoms with Crippen molar-refractivity contribution in [2.45, 2.75) is 45.1 Å². The smallest absolute Gasteiger partial charge is 0.00987 e. The summed E-state index contributed by atoms with van der Waals surface area (Å²) in [5.41, 5.74) is 5.81. The average Bonchev–Trinajstić information content (AvgIpc) is 2.78. The molecule has 1 aliphatic heterocycles. The molecule has 0 aromatic carbocycles. The summed E-state index contributed by atoms with van der Waals surface area (Å²) in [5, 5.41) is 0. The second-order valence-corrected chi connectivity index (χ2v) is 5.18. The molecule has 1 saturated heterocycles. The number of fused-ring (bicyclic) bond motifs is 2. The van der Waals surface area contributed by atoms with E-state index in [4.69, 9.17) is 5.73 Å². The highest BCUT2D eigenvalue weighted by Crippen LogP contribution is 2.37. The molecule has 1 aliphatic carbocycles. The van der Waals surface area contributed by atoms with Gasteiger partial charge >= 0.3 is 0 Å². The molecular weight excluding hydrogens is 172 g/mol. The largest absolute Gasteiger partial charge is 0.330 e. The van der Waals surface area contributed by atoms with E-state index in [1.54, 1.807) is 0 Å². The highest BCUT2D eigenvalue weighted by Gasteiger charge is 2.37. The first-order valence-electron chi connectivity index (χ1n) is 6.27. The molecule has 2 nitrogen and oxygen atoms in total. The topological polar surface area (TPSA) is 29.3 Å². The number of nitrogens with two attached hydrogens (primary N) is 1. The molecule has 0 aromatic heterocycles. The van der Waals surface area contributed by atoms with Gasteiger partial charge in [-0.25, -0.2) is 0 Å². The third kappa shape index (κ3) is 2.12. The Hall–Kier alpha value is -0.0800. The van der Waals surface area contributed by atoms with Gasteiger partial charge in [0.1, 0.15) is 0 Å². The molecule has 1 saturated carbocycles. The summed E-state index contributed by atoms with van der Waals surface area (Å²) in [4.78, 5) is 2.71. The molecule has 3 unspecified atom stereocenters. The van der Waals surface area contributed by atoms with Crippen LogP contribution in [-0.2, 0) is 0 Å². The fraction of sp³-hybridized carbons (Fsp3) is 1.00.